The molecule has 5 rings (SSSR count). The molecule has 250 valence electrons. The SMILES string of the molecule is CC(=O)Oc1ccc(CC(N)C(=O)N2CCCC2C(=O)NC(Cc2c[nH]c3ccccc23)C(=O)NC(Cc2ccccc2)C(N)=O)cc1. The van der Waals surface area contributed by atoms with Crippen LogP contribution in [0, 0.1) is 0 Å². The third-order valence-electron chi connectivity index (χ3n) is 8.47. The second-order valence-corrected chi connectivity index (χ2v) is 12.0. The standard InChI is InChI=1S/C36H40N6O6/c1-22(43)48-26-15-13-24(14-16-26)18-28(37)36(47)42-17-7-12-32(42)35(46)41-31(20-25-21-39-29-11-6-5-10-27(25)29)34(45)40-30(33(38)44)19-23-8-3-2-4-9-23/h2-6,8-11,13-16,21,28,30-32,39H,7,12,17-20,37H2,1H3,(H2,38,44)(H,40,45)(H,41,46). The van der Waals surface area contributed by atoms with E-state index in [1.807, 2.05) is 54.6 Å². The lowest BCUT2D eigenvalue weighted by molar-refractivity contribution is -0.140. The van der Waals surface area contributed by atoms with Crippen LogP contribution in [0.1, 0.15) is 36.5 Å². The van der Waals surface area contributed by atoms with E-state index < -0.39 is 47.9 Å². The van der Waals surface area contributed by atoms with Gasteiger partial charge in [0.15, 0.2) is 0 Å². The van der Waals surface area contributed by atoms with Gasteiger partial charge in [-0.05, 0) is 54.2 Å². The summed E-state index contributed by atoms with van der Waals surface area (Å²) in [7, 11) is 0. The smallest absolute Gasteiger partial charge is 0.308 e. The van der Waals surface area contributed by atoms with Crippen molar-refractivity contribution in [3.63, 3.8) is 0 Å². The summed E-state index contributed by atoms with van der Waals surface area (Å²) in [5.41, 5.74) is 15.3. The van der Waals surface area contributed by atoms with Crippen molar-refractivity contribution in [2.24, 2.45) is 11.5 Å². The molecule has 1 aliphatic rings. The molecular formula is C36H40N6O6. The van der Waals surface area contributed by atoms with E-state index in [9.17, 15) is 24.0 Å². The van der Waals surface area contributed by atoms with Crippen LogP contribution in [0.4, 0.5) is 0 Å². The summed E-state index contributed by atoms with van der Waals surface area (Å²) in [5.74, 6) is -2.20. The van der Waals surface area contributed by atoms with Gasteiger partial charge in [-0.25, -0.2) is 0 Å². The number of likely N-dealkylation sites (tertiary alicyclic amines) is 1. The number of aromatic nitrogens is 1. The molecule has 0 aliphatic carbocycles. The van der Waals surface area contributed by atoms with Gasteiger partial charge in [-0.1, -0.05) is 60.7 Å². The largest absolute Gasteiger partial charge is 0.427 e. The molecule has 0 saturated carbocycles. The predicted molar refractivity (Wildman–Crippen MR) is 179 cm³/mol. The highest BCUT2D eigenvalue weighted by molar-refractivity contribution is 5.95. The van der Waals surface area contributed by atoms with E-state index in [-0.39, 0.29) is 25.2 Å². The molecule has 0 spiro atoms. The molecule has 48 heavy (non-hydrogen) atoms. The lowest BCUT2D eigenvalue weighted by atomic mass is 10.0. The molecule has 7 N–H and O–H groups in total. The third kappa shape index (κ3) is 8.45. The average Bonchev–Trinajstić information content (AvgIpc) is 3.73. The minimum Gasteiger partial charge on any atom is -0.427 e. The predicted octanol–water partition coefficient (Wildman–Crippen LogP) is 1.89. The van der Waals surface area contributed by atoms with Crippen LogP contribution >= 0.6 is 0 Å². The topological polar surface area (TPSA) is 190 Å². The molecule has 0 bridgehead atoms. The molecule has 4 aromatic rings. The van der Waals surface area contributed by atoms with Crippen molar-refractivity contribution >= 4 is 40.5 Å². The quantitative estimate of drug-likeness (QED) is 0.108. The first kappa shape index (κ1) is 33.9. The average molecular weight is 653 g/mol. The molecule has 4 atom stereocenters. The van der Waals surface area contributed by atoms with Gasteiger partial charge in [0.25, 0.3) is 0 Å². The van der Waals surface area contributed by atoms with Crippen LogP contribution in [0.2, 0.25) is 0 Å². The first-order chi connectivity index (χ1) is 23.1. The summed E-state index contributed by atoms with van der Waals surface area (Å²) in [6, 6.07) is 19.7. The number of para-hydroxylation sites is 1. The van der Waals surface area contributed by atoms with E-state index in [1.165, 1.54) is 11.8 Å². The Morgan fingerprint density at radius 2 is 1.56 bits per heavy atom. The number of fused-ring (bicyclic) bond motifs is 1. The number of H-pyrrole nitrogens is 1. The van der Waals surface area contributed by atoms with Crippen LogP contribution in [0.5, 0.6) is 5.75 Å². The minimum atomic E-state index is -1.07. The zero-order valence-corrected chi connectivity index (χ0v) is 26.7. The molecule has 3 aromatic carbocycles. The van der Waals surface area contributed by atoms with E-state index in [0.717, 1.165) is 27.6 Å². The van der Waals surface area contributed by atoms with Crippen molar-refractivity contribution in [1.82, 2.24) is 20.5 Å². The Balaban J connectivity index is 1.30. The van der Waals surface area contributed by atoms with Crippen molar-refractivity contribution in [2.75, 3.05) is 6.54 Å². The van der Waals surface area contributed by atoms with Crippen LogP contribution < -0.4 is 26.8 Å². The number of carbonyl (C=O) groups excluding carboxylic acids is 5. The zero-order chi connectivity index (χ0) is 34.2. The molecule has 4 unspecified atom stereocenters. The molecule has 12 heteroatoms. The Morgan fingerprint density at radius 3 is 2.27 bits per heavy atom. The fourth-order valence-corrected chi connectivity index (χ4v) is 6.06. The molecule has 1 fully saturated rings. The summed E-state index contributed by atoms with van der Waals surface area (Å²) in [6.45, 7) is 1.65. The third-order valence-corrected chi connectivity index (χ3v) is 8.47. The van der Waals surface area contributed by atoms with Gasteiger partial charge < -0.3 is 36.7 Å². The maximum atomic E-state index is 13.8. The van der Waals surface area contributed by atoms with E-state index in [4.69, 9.17) is 16.2 Å². The number of amides is 4. The van der Waals surface area contributed by atoms with Crippen LogP contribution in [-0.2, 0) is 43.2 Å². The molecular weight excluding hydrogens is 612 g/mol. The van der Waals surface area contributed by atoms with Gasteiger partial charge in [-0.15, -0.1) is 0 Å². The Kier molecular flexibility index (Phi) is 10.9. The fourth-order valence-electron chi connectivity index (χ4n) is 6.06. The Bertz CT molecular complexity index is 1770. The zero-order valence-electron chi connectivity index (χ0n) is 26.7. The molecule has 1 aliphatic heterocycles. The van der Waals surface area contributed by atoms with Gasteiger partial charge in [-0.2, -0.15) is 0 Å². The molecule has 0 radical (unpaired) electrons. The molecule has 2 heterocycles. The highest BCUT2D eigenvalue weighted by Gasteiger charge is 2.38. The highest BCUT2D eigenvalue weighted by Crippen LogP contribution is 2.22. The van der Waals surface area contributed by atoms with E-state index >= 15 is 0 Å². The molecule has 4 amide bonds. The van der Waals surface area contributed by atoms with Crippen molar-refractivity contribution in [3.05, 3.63) is 102 Å². The number of nitrogens with two attached hydrogens (primary N) is 2. The van der Waals surface area contributed by atoms with Gasteiger partial charge in [0.05, 0.1) is 6.04 Å². The van der Waals surface area contributed by atoms with E-state index in [1.54, 1.807) is 30.5 Å². The van der Waals surface area contributed by atoms with Gasteiger partial charge in [0.2, 0.25) is 23.6 Å². The Morgan fingerprint density at radius 1 is 0.875 bits per heavy atom. The van der Waals surface area contributed by atoms with E-state index in [0.29, 0.717) is 25.1 Å². The highest BCUT2D eigenvalue weighted by atomic mass is 16.5. The number of esters is 1. The van der Waals surface area contributed by atoms with Gasteiger partial charge >= 0.3 is 5.97 Å². The number of hydrogen-bond donors (Lipinski definition) is 5. The maximum Gasteiger partial charge on any atom is 0.308 e. The number of nitrogens with zero attached hydrogens (tertiary/aromatic N) is 1. The summed E-state index contributed by atoms with van der Waals surface area (Å²) >= 11 is 0. The fraction of sp³-hybridized carbons (Fsp3) is 0.306. The molecule has 12 nitrogen and oxygen atoms in total. The first-order valence-electron chi connectivity index (χ1n) is 15.9. The van der Waals surface area contributed by atoms with Crippen LogP contribution in [0.15, 0.2) is 85.1 Å². The monoisotopic (exact) mass is 652 g/mol. The number of aromatic amines is 1. The van der Waals surface area contributed by atoms with Crippen molar-refractivity contribution < 1.29 is 28.7 Å². The second kappa shape index (κ2) is 15.4. The normalized spacial score (nSPS) is 16.1. The number of ether oxygens (including phenoxy) is 1. The second-order valence-electron chi connectivity index (χ2n) is 12.0. The molecule has 1 saturated heterocycles. The van der Waals surface area contributed by atoms with Gasteiger partial charge in [0.1, 0.15) is 23.9 Å². The number of hydrogen-bond acceptors (Lipinski definition) is 7. The van der Waals surface area contributed by atoms with Crippen LogP contribution in [0.3, 0.4) is 0 Å². The summed E-state index contributed by atoms with van der Waals surface area (Å²) in [5, 5.41) is 6.51. The van der Waals surface area contributed by atoms with Gasteiger partial charge in [-0.3, -0.25) is 24.0 Å². The first-order valence-corrected chi connectivity index (χ1v) is 15.9. The Labute approximate surface area is 278 Å². The van der Waals surface area contributed by atoms with Crippen molar-refractivity contribution in [1.29, 1.82) is 0 Å². The van der Waals surface area contributed by atoms with Crippen molar-refractivity contribution in [3.8, 4) is 5.75 Å². The number of primary amides is 1. The van der Waals surface area contributed by atoms with Crippen molar-refractivity contribution in [2.45, 2.75) is 63.2 Å². The number of rotatable bonds is 13. The van der Waals surface area contributed by atoms with Crippen LogP contribution in [-0.4, -0.2) is 70.2 Å². The lowest BCUT2D eigenvalue weighted by Crippen LogP contribution is -2.58. The number of carbonyl (C=O) groups is 5. The lowest BCUT2D eigenvalue weighted by Gasteiger charge is -2.29. The number of nitrogens with one attached hydrogen (secondary N) is 3. The summed E-state index contributed by atoms with van der Waals surface area (Å²) in [6.07, 6.45) is 3.31. The summed E-state index contributed by atoms with van der Waals surface area (Å²) < 4.78 is 5.06. The van der Waals surface area contributed by atoms with Gasteiger partial charge in [0, 0.05) is 43.4 Å². The summed E-state index contributed by atoms with van der Waals surface area (Å²) in [4.78, 5) is 69.4. The number of benzene rings is 3. The Hall–Kier alpha value is -5.49. The van der Waals surface area contributed by atoms with E-state index in [2.05, 4.69) is 15.6 Å². The van der Waals surface area contributed by atoms with Crippen LogP contribution in [0.25, 0.3) is 10.9 Å². The maximum absolute atomic E-state index is 13.8. The minimum absolute atomic E-state index is 0.127. The molecule has 1 aromatic heterocycles.